The average Bonchev–Trinajstić information content (AvgIpc) is 3.47. The van der Waals surface area contributed by atoms with Gasteiger partial charge in [-0.1, -0.05) is 5.21 Å². The molecule has 0 aliphatic carbocycles. The maximum Gasteiger partial charge on any atom is 0.294 e. The lowest BCUT2D eigenvalue weighted by Crippen LogP contribution is -2.19. The van der Waals surface area contributed by atoms with Gasteiger partial charge in [0.2, 0.25) is 11.6 Å². The molecule has 2 heterocycles. The summed E-state index contributed by atoms with van der Waals surface area (Å²) in [5, 5.41) is 39.7. The molecule has 15 heteroatoms. The van der Waals surface area contributed by atoms with Crippen molar-refractivity contribution in [3.05, 3.63) is 63.8 Å². The highest BCUT2D eigenvalue weighted by atomic mass is 16.6. The van der Waals surface area contributed by atoms with E-state index < -0.39 is 10.8 Å². The fourth-order valence-electron chi connectivity index (χ4n) is 3.02. The molecule has 0 saturated heterocycles. The standard InChI is InChI=1S/C20H17N9O6/c1-2-34-15-9-11(3-8-14(15)30)10-22-24-20(31)16-17(12-4-6-13(7-5-12)29(32)33)28(27-23-16)19-18(21)25-35-26-19/h3-10,30H,2H2,1H3,(H2,21,25)(H,24,31)/b22-10-. The van der Waals surface area contributed by atoms with Gasteiger partial charge in [0, 0.05) is 17.7 Å². The van der Waals surface area contributed by atoms with E-state index in [4.69, 9.17) is 10.5 Å². The number of hydrogen-bond acceptors (Lipinski definition) is 12. The summed E-state index contributed by atoms with van der Waals surface area (Å²) in [6.07, 6.45) is 1.34. The van der Waals surface area contributed by atoms with Crippen molar-refractivity contribution < 1.29 is 24.2 Å². The molecule has 2 aromatic carbocycles. The number of carbonyl (C=O) groups is 1. The van der Waals surface area contributed by atoms with Crippen LogP contribution in [0.1, 0.15) is 23.0 Å². The van der Waals surface area contributed by atoms with E-state index in [2.05, 4.69) is 35.8 Å². The monoisotopic (exact) mass is 479 g/mol. The number of nitrogens with zero attached hydrogens (tertiary/aromatic N) is 7. The second kappa shape index (κ2) is 9.65. The van der Waals surface area contributed by atoms with Crippen molar-refractivity contribution in [2.24, 2.45) is 5.10 Å². The molecular weight excluding hydrogens is 462 g/mol. The quantitative estimate of drug-likeness (QED) is 0.188. The first kappa shape index (κ1) is 22.8. The van der Waals surface area contributed by atoms with Crippen LogP contribution in [0, 0.1) is 10.1 Å². The highest BCUT2D eigenvalue weighted by molar-refractivity contribution is 5.99. The van der Waals surface area contributed by atoms with Crippen LogP contribution in [0.5, 0.6) is 11.5 Å². The predicted octanol–water partition coefficient (Wildman–Crippen LogP) is 1.68. The van der Waals surface area contributed by atoms with Gasteiger partial charge in [0.1, 0.15) is 5.69 Å². The van der Waals surface area contributed by atoms with Gasteiger partial charge in [-0.25, -0.2) is 10.1 Å². The average molecular weight is 479 g/mol. The second-order valence-corrected chi connectivity index (χ2v) is 6.83. The van der Waals surface area contributed by atoms with Crippen LogP contribution in [0.4, 0.5) is 11.5 Å². The third-order valence-electron chi connectivity index (χ3n) is 4.60. The molecule has 0 fully saturated rings. The molecule has 0 bridgehead atoms. The topological polar surface area (TPSA) is 210 Å². The molecule has 0 radical (unpaired) electrons. The van der Waals surface area contributed by atoms with Crippen LogP contribution in [-0.4, -0.2) is 54.1 Å². The van der Waals surface area contributed by atoms with Gasteiger partial charge in [0.05, 0.1) is 17.7 Å². The summed E-state index contributed by atoms with van der Waals surface area (Å²) in [6.45, 7) is 2.14. The zero-order valence-electron chi connectivity index (χ0n) is 18.0. The zero-order valence-corrected chi connectivity index (χ0v) is 18.0. The van der Waals surface area contributed by atoms with E-state index in [-0.39, 0.29) is 40.2 Å². The van der Waals surface area contributed by atoms with Gasteiger partial charge in [0.15, 0.2) is 17.2 Å². The number of aromatic nitrogens is 5. The van der Waals surface area contributed by atoms with Crippen molar-refractivity contribution in [2.75, 3.05) is 12.3 Å². The van der Waals surface area contributed by atoms with E-state index >= 15 is 0 Å². The first-order valence-corrected chi connectivity index (χ1v) is 9.97. The Morgan fingerprint density at radius 2 is 2.09 bits per heavy atom. The summed E-state index contributed by atoms with van der Waals surface area (Å²) in [6, 6.07) is 9.92. The van der Waals surface area contributed by atoms with Gasteiger partial charge in [-0.05, 0) is 53.1 Å². The minimum Gasteiger partial charge on any atom is -0.504 e. The zero-order chi connectivity index (χ0) is 24.9. The summed E-state index contributed by atoms with van der Waals surface area (Å²) in [5.41, 5.74) is 8.81. The fraction of sp³-hybridized carbons (Fsp3) is 0.100. The number of nitrogen functional groups attached to an aromatic ring is 1. The van der Waals surface area contributed by atoms with Gasteiger partial charge >= 0.3 is 0 Å². The lowest BCUT2D eigenvalue weighted by Gasteiger charge is -2.06. The number of nitrogens with two attached hydrogens (primary N) is 1. The van der Waals surface area contributed by atoms with Gasteiger partial charge in [0.25, 0.3) is 11.6 Å². The molecule has 4 aromatic rings. The van der Waals surface area contributed by atoms with Gasteiger partial charge in [-0.3, -0.25) is 14.9 Å². The molecule has 0 aliphatic rings. The fourth-order valence-corrected chi connectivity index (χ4v) is 3.02. The van der Waals surface area contributed by atoms with Crippen molar-refractivity contribution in [1.82, 2.24) is 30.7 Å². The number of nitro benzene ring substituents is 1. The molecule has 35 heavy (non-hydrogen) atoms. The Morgan fingerprint density at radius 1 is 1.31 bits per heavy atom. The van der Waals surface area contributed by atoms with Crippen LogP contribution in [0.25, 0.3) is 17.1 Å². The number of nitro groups is 1. The van der Waals surface area contributed by atoms with Crippen LogP contribution < -0.4 is 15.9 Å². The number of nitrogens with one attached hydrogen (secondary N) is 1. The smallest absolute Gasteiger partial charge is 0.294 e. The Bertz CT molecular complexity index is 1410. The third kappa shape index (κ3) is 4.72. The second-order valence-electron chi connectivity index (χ2n) is 6.83. The molecule has 0 spiro atoms. The highest BCUT2D eigenvalue weighted by Crippen LogP contribution is 2.28. The molecule has 178 valence electrons. The van der Waals surface area contributed by atoms with Crippen molar-refractivity contribution in [3.63, 3.8) is 0 Å². The lowest BCUT2D eigenvalue weighted by molar-refractivity contribution is -0.384. The molecule has 1 amide bonds. The first-order chi connectivity index (χ1) is 16.9. The predicted molar refractivity (Wildman–Crippen MR) is 120 cm³/mol. The van der Waals surface area contributed by atoms with Crippen molar-refractivity contribution in [2.45, 2.75) is 6.92 Å². The largest absolute Gasteiger partial charge is 0.504 e. The van der Waals surface area contributed by atoms with Gasteiger partial charge < -0.3 is 15.6 Å². The Hall–Kier alpha value is -5.34. The molecule has 0 unspecified atom stereocenters. The number of amides is 1. The number of non-ortho nitro benzene ring substituents is 1. The van der Waals surface area contributed by atoms with Crippen LogP contribution >= 0.6 is 0 Å². The summed E-state index contributed by atoms with van der Waals surface area (Å²) in [4.78, 5) is 23.3. The Balaban J connectivity index is 1.65. The highest BCUT2D eigenvalue weighted by Gasteiger charge is 2.25. The number of carbonyl (C=O) groups excluding carboxylic acids is 1. The van der Waals surface area contributed by atoms with Gasteiger partial charge in [-0.15, -0.1) is 5.10 Å². The van der Waals surface area contributed by atoms with Crippen LogP contribution in [0.15, 0.2) is 52.2 Å². The van der Waals surface area contributed by atoms with E-state index in [1.807, 2.05) is 0 Å². The minimum atomic E-state index is -0.736. The third-order valence-corrected chi connectivity index (χ3v) is 4.60. The number of benzene rings is 2. The van der Waals surface area contributed by atoms with E-state index in [1.165, 1.54) is 36.5 Å². The van der Waals surface area contributed by atoms with E-state index in [0.29, 0.717) is 17.7 Å². The van der Waals surface area contributed by atoms with E-state index in [0.717, 1.165) is 4.68 Å². The summed E-state index contributed by atoms with van der Waals surface area (Å²) in [5.74, 6) is -0.634. The first-order valence-electron chi connectivity index (χ1n) is 9.97. The Morgan fingerprint density at radius 3 is 2.74 bits per heavy atom. The molecule has 4 rings (SSSR count). The van der Waals surface area contributed by atoms with E-state index in [1.54, 1.807) is 19.1 Å². The van der Waals surface area contributed by atoms with Crippen molar-refractivity contribution in [3.8, 4) is 28.6 Å². The molecule has 0 atom stereocenters. The number of ether oxygens (including phenoxy) is 1. The minimum absolute atomic E-state index is 0.0269. The van der Waals surface area contributed by atoms with Crippen LogP contribution in [-0.2, 0) is 0 Å². The molecule has 0 aliphatic heterocycles. The molecule has 0 saturated carbocycles. The Labute approximate surface area is 195 Å². The van der Waals surface area contributed by atoms with E-state index in [9.17, 15) is 20.0 Å². The van der Waals surface area contributed by atoms with Gasteiger partial charge in [-0.2, -0.15) is 9.78 Å². The maximum atomic E-state index is 12.9. The SMILES string of the molecule is CCOc1cc(/C=N\NC(=O)c2nnn(-c3nonc3N)c2-c2ccc([N+](=O)[O-])cc2)ccc1O. The molecule has 2 aromatic heterocycles. The maximum absolute atomic E-state index is 12.9. The summed E-state index contributed by atoms with van der Waals surface area (Å²) >= 11 is 0. The molecule has 15 nitrogen and oxygen atoms in total. The number of rotatable bonds is 8. The van der Waals surface area contributed by atoms with Crippen LogP contribution in [0.3, 0.4) is 0 Å². The lowest BCUT2D eigenvalue weighted by atomic mass is 10.1. The number of anilines is 1. The molecule has 4 N–H and O–H groups in total. The van der Waals surface area contributed by atoms with Crippen molar-refractivity contribution >= 4 is 23.6 Å². The normalized spacial score (nSPS) is 11.0. The molecular formula is C20H17N9O6. The van der Waals surface area contributed by atoms with Crippen molar-refractivity contribution in [1.29, 1.82) is 0 Å². The number of hydrazone groups is 1. The van der Waals surface area contributed by atoms with Crippen LogP contribution in [0.2, 0.25) is 0 Å². The summed E-state index contributed by atoms with van der Waals surface area (Å²) < 4.78 is 11.0. The number of hydrogen-bond donors (Lipinski definition) is 3. The summed E-state index contributed by atoms with van der Waals surface area (Å²) in [7, 11) is 0. The Kier molecular flexibility index (Phi) is 6.30. The number of phenols is 1. The number of phenolic OH excluding ortho intramolecular Hbond substituents is 1. The number of aromatic hydroxyl groups is 1.